The van der Waals surface area contributed by atoms with E-state index in [0.29, 0.717) is 5.95 Å². The number of fused-ring (bicyclic) bond motifs is 11. The second-order valence-electron chi connectivity index (χ2n) is 12.9. The Balaban J connectivity index is 1.30. The summed E-state index contributed by atoms with van der Waals surface area (Å²) in [6.07, 6.45) is 0. The molecule has 0 bridgehead atoms. The molecule has 2 aromatic heterocycles. The Kier molecular flexibility index (Phi) is 5.38. The summed E-state index contributed by atoms with van der Waals surface area (Å²) < 4.78 is 2.28. The van der Waals surface area contributed by atoms with Gasteiger partial charge in [0.25, 0.3) is 0 Å². The van der Waals surface area contributed by atoms with Crippen LogP contribution in [0, 0.1) is 0 Å². The van der Waals surface area contributed by atoms with E-state index in [1.807, 2.05) is 0 Å². The molecule has 0 atom stereocenters. The van der Waals surface area contributed by atoms with Gasteiger partial charge in [-0.3, -0.25) is 4.57 Å². The van der Waals surface area contributed by atoms with Crippen molar-refractivity contribution in [2.45, 2.75) is 0 Å². The van der Waals surface area contributed by atoms with Crippen molar-refractivity contribution in [3.05, 3.63) is 164 Å². The zero-order valence-electron chi connectivity index (χ0n) is 26.4. The van der Waals surface area contributed by atoms with Gasteiger partial charge in [-0.05, 0) is 73.8 Å². The zero-order valence-corrected chi connectivity index (χ0v) is 26.4. The maximum Gasteiger partial charge on any atom is 0.235 e. The van der Waals surface area contributed by atoms with E-state index in [1.165, 1.54) is 54.9 Å². The van der Waals surface area contributed by atoms with Gasteiger partial charge in [-0.2, -0.15) is 0 Å². The van der Waals surface area contributed by atoms with E-state index < -0.39 is 0 Å². The van der Waals surface area contributed by atoms with Gasteiger partial charge in [0.05, 0.1) is 22.2 Å². The molecule has 11 rings (SSSR count). The summed E-state index contributed by atoms with van der Waals surface area (Å²) in [6.45, 7) is 0. The predicted octanol–water partition coefficient (Wildman–Crippen LogP) is 12.0. The van der Waals surface area contributed by atoms with Gasteiger partial charge in [-0.25, -0.2) is 9.97 Å². The highest BCUT2D eigenvalue weighted by Crippen LogP contribution is 2.49. The Bertz CT molecular complexity index is 2980. The summed E-state index contributed by atoms with van der Waals surface area (Å²) >= 11 is 0. The highest BCUT2D eigenvalue weighted by molar-refractivity contribution is 6.18. The number of benzene rings is 8. The quantitative estimate of drug-likeness (QED) is 0.180. The summed E-state index contributed by atoms with van der Waals surface area (Å²) in [7, 11) is 0. The van der Waals surface area contributed by atoms with E-state index in [2.05, 4.69) is 168 Å². The number of aromatic nitrogens is 3. The standard InChI is InChI=1S/C46H27N3/c1-2-13-30(14-3-1)44-37-25-24-28-12-4-5-17-31(28)45(37)48-46(47-44)49-41-23-9-8-20-34(41)40-26-38-36-22-11-16-29-15-10-21-35(43(29)36)32-18-6-7-19-33(32)39(38)27-42(40)49/h1-27H. The minimum atomic E-state index is 0.668. The van der Waals surface area contributed by atoms with Gasteiger partial charge >= 0.3 is 0 Å². The first-order valence-corrected chi connectivity index (χ1v) is 16.8. The van der Waals surface area contributed by atoms with Crippen LogP contribution in [-0.2, 0) is 0 Å². The first-order valence-electron chi connectivity index (χ1n) is 16.8. The predicted molar refractivity (Wildman–Crippen MR) is 204 cm³/mol. The fourth-order valence-electron chi connectivity index (χ4n) is 8.19. The Morgan fingerprint density at radius 1 is 0.367 bits per heavy atom. The molecule has 0 N–H and O–H groups in total. The van der Waals surface area contributed by atoms with Gasteiger partial charge in [0.15, 0.2) is 0 Å². The van der Waals surface area contributed by atoms with Gasteiger partial charge < -0.3 is 0 Å². The molecule has 3 heteroatoms. The average Bonchev–Trinajstić information content (AvgIpc) is 3.44. The molecule has 226 valence electrons. The summed E-state index contributed by atoms with van der Waals surface area (Å²) in [4.78, 5) is 10.8. The second-order valence-corrected chi connectivity index (χ2v) is 12.9. The largest absolute Gasteiger partial charge is 0.278 e. The average molecular weight is 622 g/mol. The normalized spacial score (nSPS) is 12.1. The summed E-state index contributed by atoms with van der Waals surface area (Å²) in [5.41, 5.74) is 12.6. The lowest BCUT2D eigenvalue weighted by Crippen LogP contribution is -2.04. The van der Waals surface area contributed by atoms with Crippen molar-refractivity contribution >= 4 is 54.3 Å². The highest BCUT2D eigenvalue weighted by Gasteiger charge is 2.25. The maximum absolute atomic E-state index is 5.42. The van der Waals surface area contributed by atoms with Crippen LogP contribution < -0.4 is 0 Å². The molecule has 1 aliphatic rings. The minimum Gasteiger partial charge on any atom is -0.278 e. The molecule has 0 aliphatic heterocycles. The summed E-state index contributed by atoms with van der Waals surface area (Å²) in [5, 5.41) is 8.25. The molecule has 0 radical (unpaired) electrons. The van der Waals surface area contributed by atoms with Gasteiger partial charge in [0, 0.05) is 27.1 Å². The fraction of sp³-hybridized carbons (Fsp3) is 0. The van der Waals surface area contributed by atoms with Gasteiger partial charge in [0.1, 0.15) is 0 Å². The first kappa shape index (κ1) is 26.5. The van der Waals surface area contributed by atoms with E-state index in [4.69, 9.17) is 9.97 Å². The molecule has 0 fully saturated rings. The molecule has 0 spiro atoms. The summed E-state index contributed by atoms with van der Waals surface area (Å²) in [6, 6.07) is 59.0. The second kappa shape index (κ2) is 9.96. The minimum absolute atomic E-state index is 0.668. The molecule has 10 aromatic rings. The number of hydrogen-bond acceptors (Lipinski definition) is 2. The van der Waals surface area contributed by atoms with Crippen LogP contribution in [0.25, 0.3) is 105 Å². The van der Waals surface area contributed by atoms with E-state index in [1.54, 1.807) is 0 Å². The third-order valence-electron chi connectivity index (χ3n) is 10.3. The van der Waals surface area contributed by atoms with Gasteiger partial charge in [-0.1, -0.05) is 140 Å². The smallest absolute Gasteiger partial charge is 0.235 e. The molecule has 3 nitrogen and oxygen atoms in total. The Morgan fingerprint density at radius 2 is 1.00 bits per heavy atom. The Labute approximate surface area is 282 Å². The lowest BCUT2D eigenvalue weighted by Gasteiger charge is -2.15. The Morgan fingerprint density at radius 3 is 1.84 bits per heavy atom. The van der Waals surface area contributed by atoms with Crippen LogP contribution in [-0.4, -0.2) is 14.5 Å². The monoisotopic (exact) mass is 621 g/mol. The molecule has 0 unspecified atom stereocenters. The zero-order chi connectivity index (χ0) is 32.1. The number of rotatable bonds is 2. The number of nitrogens with zero attached hydrogens (tertiary/aromatic N) is 3. The van der Waals surface area contributed by atoms with Gasteiger partial charge in [0.2, 0.25) is 5.95 Å². The summed E-state index contributed by atoms with van der Waals surface area (Å²) in [5.74, 6) is 0.668. The molecule has 8 aromatic carbocycles. The van der Waals surface area contributed by atoms with Crippen LogP contribution in [0.4, 0.5) is 0 Å². The molecular formula is C46H27N3. The van der Waals surface area contributed by atoms with Crippen molar-refractivity contribution < 1.29 is 0 Å². The highest BCUT2D eigenvalue weighted by atomic mass is 15.2. The molecule has 2 heterocycles. The van der Waals surface area contributed by atoms with Crippen molar-refractivity contribution in [2.24, 2.45) is 0 Å². The SMILES string of the molecule is c1ccc(-c2nc(-n3c4ccccc4c4cc5c(cc43)-c3ccccc3-c3cccc4cccc-5c34)nc3c2ccc2ccccc23)cc1. The van der Waals surface area contributed by atoms with Crippen LogP contribution in [0.15, 0.2) is 164 Å². The third-order valence-corrected chi connectivity index (χ3v) is 10.3. The van der Waals surface area contributed by atoms with Crippen molar-refractivity contribution in [1.82, 2.24) is 14.5 Å². The van der Waals surface area contributed by atoms with Crippen molar-refractivity contribution in [3.63, 3.8) is 0 Å². The van der Waals surface area contributed by atoms with E-state index in [0.717, 1.165) is 44.0 Å². The lowest BCUT2D eigenvalue weighted by atomic mass is 9.92. The van der Waals surface area contributed by atoms with Crippen LogP contribution in [0.2, 0.25) is 0 Å². The van der Waals surface area contributed by atoms with Crippen LogP contribution in [0.1, 0.15) is 0 Å². The van der Waals surface area contributed by atoms with Crippen LogP contribution >= 0.6 is 0 Å². The van der Waals surface area contributed by atoms with Crippen LogP contribution in [0.5, 0.6) is 0 Å². The molecule has 0 saturated carbocycles. The molecular weight excluding hydrogens is 595 g/mol. The lowest BCUT2D eigenvalue weighted by molar-refractivity contribution is 1.02. The van der Waals surface area contributed by atoms with Crippen LogP contribution in [0.3, 0.4) is 0 Å². The third kappa shape index (κ3) is 3.73. The van der Waals surface area contributed by atoms with E-state index >= 15 is 0 Å². The molecule has 49 heavy (non-hydrogen) atoms. The molecule has 1 aliphatic carbocycles. The van der Waals surface area contributed by atoms with Crippen molar-refractivity contribution in [3.8, 4) is 50.6 Å². The van der Waals surface area contributed by atoms with Crippen molar-refractivity contribution in [1.29, 1.82) is 0 Å². The fourth-order valence-corrected chi connectivity index (χ4v) is 8.19. The number of hydrogen-bond donors (Lipinski definition) is 0. The molecule has 0 saturated heterocycles. The first-order chi connectivity index (χ1) is 24.3. The van der Waals surface area contributed by atoms with E-state index in [-0.39, 0.29) is 0 Å². The molecule has 0 amide bonds. The van der Waals surface area contributed by atoms with Gasteiger partial charge in [-0.15, -0.1) is 0 Å². The van der Waals surface area contributed by atoms with Crippen molar-refractivity contribution in [2.75, 3.05) is 0 Å². The topological polar surface area (TPSA) is 30.7 Å². The maximum atomic E-state index is 5.42. The Hall–Kier alpha value is -6.58. The number of para-hydroxylation sites is 1. The van der Waals surface area contributed by atoms with E-state index in [9.17, 15) is 0 Å².